The summed E-state index contributed by atoms with van der Waals surface area (Å²) in [4.78, 5) is 24.4. The fourth-order valence-corrected chi connectivity index (χ4v) is 1.83. The van der Waals surface area contributed by atoms with Crippen LogP contribution in [0.1, 0.15) is 19.8 Å². The monoisotopic (exact) mass is 210 g/mol. The van der Waals surface area contributed by atoms with Crippen molar-refractivity contribution < 1.29 is 4.74 Å². The van der Waals surface area contributed by atoms with Gasteiger partial charge in [-0.25, -0.2) is 4.79 Å². The highest BCUT2D eigenvalue weighted by molar-refractivity contribution is 4.84. The normalized spacial score (nSPS) is 25.7. The highest BCUT2D eigenvalue weighted by Gasteiger charge is 2.22. The molecule has 5 nitrogen and oxygen atoms in total. The molecule has 1 N–H and O–H groups in total. The van der Waals surface area contributed by atoms with E-state index < -0.39 is 0 Å². The Bertz CT molecular complexity index is 448. The summed E-state index contributed by atoms with van der Waals surface area (Å²) in [6.07, 6.45) is 3.86. The Balaban J connectivity index is 2.11. The van der Waals surface area contributed by atoms with E-state index in [9.17, 15) is 9.59 Å². The molecular weight excluding hydrogens is 196 g/mol. The van der Waals surface area contributed by atoms with Gasteiger partial charge < -0.3 is 4.74 Å². The highest BCUT2D eigenvalue weighted by atomic mass is 16.5. The van der Waals surface area contributed by atoms with E-state index in [1.165, 1.54) is 16.8 Å². The number of rotatable bonds is 2. The van der Waals surface area contributed by atoms with Crippen LogP contribution in [-0.4, -0.2) is 21.8 Å². The van der Waals surface area contributed by atoms with E-state index in [1.54, 1.807) is 0 Å². The molecule has 0 spiro atoms. The Hall–Kier alpha value is -1.36. The molecule has 1 aromatic rings. The van der Waals surface area contributed by atoms with Crippen molar-refractivity contribution in [3.63, 3.8) is 0 Å². The number of nitrogens with one attached hydrogen (secondary N) is 1. The van der Waals surface area contributed by atoms with Gasteiger partial charge in [0.1, 0.15) is 0 Å². The first-order chi connectivity index (χ1) is 7.15. The van der Waals surface area contributed by atoms with Crippen molar-refractivity contribution in [3.8, 4) is 0 Å². The highest BCUT2D eigenvalue weighted by Crippen LogP contribution is 2.19. The van der Waals surface area contributed by atoms with E-state index >= 15 is 0 Å². The van der Waals surface area contributed by atoms with Crippen molar-refractivity contribution in [1.29, 1.82) is 0 Å². The Labute approximate surface area is 86.7 Å². The van der Waals surface area contributed by atoms with Gasteiger partial charge >= 0.3 is 5.69 Å². The van der Waals surface area contributed by atoms with Crippen LogP contribution in [0, 0.1) is 0 Å². The molecule has 1 fully saturated rings. The summed E-state index contributed by atoms with van der Waals surface area (Å²) >= 11 is 0. The van der Waals surface area contributed by atoms with Gasteiger partial charge in [0.05, 0.1) is 18.8 Å². The molecule has 0 bridgehead atoms. The molecule has 2 heterocycles. The molecule has 1 saturated heterocycles. The lowest BCUT2D eigenvalue weighted by atomic mass is 10.2. The smallest absolute Gasteiger partial charge is 0.328 e. The molecule has 1 aliphatic heterocycles. The van der Waals surface area contributed by atoms with Crippen LogP contribution in [0.15, 0.2) is 21.9 Å². The summed E-state index contributed by atoms with van der Waals surface area (Å²) in [6, 6.07) is 1.35. The van der Waals surface area contributed by atoms with Crippen LogP contribution in [0.4, 0.5) is 0 Å². The third-order valence-electron chi connectivity index (χ3n) is 2.62. The largest absolute Gasteiger partial charge is 0.373 e. The second-order valence-corrected chi connectivity index (χ2v) is 3.91. The first-order valence-corrected chi connectivity index (χ1v) is 5.10. The summed E-state index contributed by atoms with van der Waals surface area (Å²) < 4.78 is 7.07. The zero-order valence-corrected chi connectivity index (χ0v) is 8.60. The van der Waals surface area contributed by atoms with E-state index in [4.69, 9.17) is 4.74 Å². The SMILES string of the molecule is CC1CCC(Cn2ccc(=O)[nH]c2=O)O1. The maximum atomic E-state index is 11.4. The van der Waals surface area contributed by atoms with Gasteiger partial charge in [-0.1, -0.05) is 0 Å². The predicted octanol–water partition coefficient (Wildman–Crippen LogP) is 0.104. The van der Waals surface area contributed by atoms with Gasteiger partial charge in [0.25, 0.3) is 5.56 Å². The number of ether oxygens (including phenoxy) is 1. The van der Waals surface area contributed by atoms with E-state index in [2.05, 4.69) is 4.98 Å². The Morgan fingerprint density at radius 3 is 2.93 bits per heavy atom. The summed E-state index contributed by atoms with van der Waals surface area (Å²) in [5.74, 6) is 0. The third kappa shape index (κ3) is 2.36. The van der Waals surface area contributed by atoms with Crippen molar-refractivity contribution in [2.45, 2.75) is 38.5 Å². The fraction of sp³-hybridized carbons (Fsp3) is 0.600. The molecule has 2 unspecified atom stereocenters. The number of hydrogen-bond acceptors (Lipinski definition) is 3. The standard InChI is InChI=1S/C10H14N2O3/c1-7-2-3-8(15-7)6-12-5-4-9(13)11-10(12)14/h4-5,7-8H,2-3,6H2,1H3,(H,11,13,14). The zero-order valence-electron chi connectivity index (χ0n) is 8.60. The molecule has 15 heavy (non-hydrogen) atoms. The Morgan fingerprint density at radius 2 is 2.33 bits per heavy atom. The Morgan fingerprint density at radius 1 is 1.53 bits per heavy atom. The average Bonchev–Trinajstić information content (AvgIpc) is 2.56. The van der Waals surface area contributed by atoms with Crippen LogP contribution in [0.25, 0.3) is 0 Å². The lowest BCUT2D eigenvalue weighted by Crippen LogP contribution is -2.32. The molecule has 0 aromatic carbocycles. The zero-order chi connectivity index (χ0) is 10.8. The van der Waals surface area contributed by atoms with Crippen molar-refractivity contribution in [3.05, 3.63) is 33.1 Å². The summed E-state index contributed by atoms with van der Waals surface area (Å²) in [5.41, 5.74) is -0.734. The average molecular weight is 210 g/mol. The molecule has 1 aliphatic rings. The second-order valence-electron chi connectivity index (χ2n) is 3.91. The molecule has 0 amide bonds. The van der Waals surface area contributed by atoms with Gasteiger partial charge in [0.15, 0.2) is 0 Å². The first kappa shape index (κ1) is 10.2. The number of nitrogens with zero attached hydrogens (tertiary/aromatic N) is 1. The number of aromatic amines is 1. The third-order valence-corrected chi connectivity index (χ3v) is 2.62. The maximum Gasteiger partial charge on any atom is 0.328 e. The fourth-order valence-electron chi connectivity index (χ4n) is 1.83. The lowest BCUT2D eigenvalue weighted by Gasteiger charge is -2.12. The van der Waals surface area contributed by atoms with Crippen molar-refractivity contribution in [1.82, 2.24) is 9.55 Å². The second kappa shape index (κ2) is 4.02. The van der Waals surface area contributed by atoms with Crippen LogP contribution < -0.4 is 11.2 Å². The van der Waals surface area contributed by atoms with Crippen LogP contribution in [0.3, 0.4) is 0 Å². The van der Waals surface area contributed by atoms with Gasteiger partial charge in [-0.15, -0.1) is 0 Å². The van der Waals surface area contributed by atoms with Crippen LogP contribution >= 0.6 is 0 Å². The van der Waals surface area contributed by atoms with E-state index in [1.807, 2.05) is 6.92 Å². The maximum absolute atomic E-state index is 11.4. The topological polar surface area (TPSA) is 64.1 Å². The summed E-state index contributed by atoms with van der Waals surface area (Å²) in [7, 11) is 0. The summed E-state index contributed by atoms with van der Waals surface area (Å²) in [5, 5.41) is 0. The molecule has 0 saturated carbocycles. The van der Waals surface area contributed by atoms with Gasteiger partial charge in [0.2, 0.25) is 0 Å². The molecule has 82 valence electrons. The van der Waals surface area contributed by atoms with Gasteiger partial charge in [-0.3, -0.25) is 14.3 Å². The van der Waals surface area contributed by atoms with Crippen LogP contribution in [0.5, 0.6) is 0 Å². The Kier molecular flexibility index (Phi) is 2.73. The number of H-pyrrole nitrogens is 1. The minimum Gasteiger partial charge on any atom is -0.373 e. The van der Waals surface area contributed by atoms with Gasteiger partial charge in [-0.2, -0.15) is 0 Å². The summed E-state index contributed by atoms with van der Waals surface area (Å²) in [6.45, 7) is 2.54. The van der Waals surface area contributed by atoms with Crippen molar-refractivity contribution in [2.24, 2.45) is 0 Å². The molecule has 2 atom stereocenters. The quantitative estimate of drug-likeness (QED) is 0.753. The van der Waals surface area contributed by atoms with Crippen molar-refractivity contribution in [2.75, 3.05) is 0 Å². The minimum absolute atomic E-state index is 0.0867. The molecule has 2 rings (SSSR count). The molecule has 1 aromatic heterocycles. The molecule has 0 aliphatic carbocycles. The number of hydrogen-bond donors (Lipinski definition) is 1. The van der Waals surface area contributed by atoms with Gasteiger partial charge in [0, 0.05) is 12.3 Å². The lowest BCUT2D eigenvalue weighted by molar-refractivity contribution is 0.0449. The molecule has 5 heteroatoms. The van der Waals surface area contributed by atoms with E-state index in [-0.39, 0.29) is 23.5 Å². The minimum atomic E-state index is -0.370. The predicted molar refractivity (Wildman–Crippen MR) is 54.9 cm³/mol. The van der Waals surface area contributed by atoms with E-state index in [0.29, 0.717) is 6.54 Å². The molecule has 0 radical (unpaired) electrons. The van der Waals surface area contributed by atoms with Crippen LogP contribution in [-0.2, 0) is 11.3 Å². The van der Waals surface area contributed by atoms with Crippen LogP contribution in [0.2, 0.25) is 0 Å². The first-order valence-electron chi connectivity index (χ1n) is 5.10. The van der Waals surface area contributed by atoms with Crippen molar-refractivity contribution >= 4 is 0 Å². The van der Waals surface area contributed by atoms with E-state index in [0.717, 1.165) is 12.8 Å². The molecular formula is C10H14N2O3. The van der Waals surface area contributed by atoms with Gasteiger partial charge in [-0.05, 0) is 19.8 Å². The number of aromatic nitrogens is 2.